The van der Waals surface area contributed by atoms with Crippen LogP contribution in [-0.4, -0.2) is 68.5 Å². The van der Waals surface area contributed by atoms with Crippen LogP contribution in [0.1, 0.15) is 39.5 Å². The second-order valence-corrected chi connectivity index (χ2v) is 13.3. The highest BCUT2D eigenvalue weighted by atomic mass is 32.2. The minimum absolute atomic E-state index is 0.102. The van der Waals surface area contributed by atoms with Gasteiger partial charge in [-0.3, -0.25) is 0 Å². The van der Waals surface area contributed by atoms with E-state index in [2.05, 4.69) is 24.1 Å². The van der Waals surface area contributed by atoms with Crippen molar-refractivity contribution >= 4 is 42.8 Å². The molecule has 1 amide bonds. The van der Waals surface area contributed by atoms with Crippen molar-refractivity contribution in [2.75, 3.05) is 32.0 Å². The number of fused-ring (bicyclic) bond motifs is 3. The third kappa shape index (κ3) is 5.33. The molecule has 0 radical (unpaired) electrons. The van der Waals surface area contributed by atoms with E-state index in [0.717, 1.165) is 24.0 Å². The number of nitrogens with two attached hydrogens (primary N) is 1. The van der Waals surface area contributed by atoms with E-state index in [1.54, 1.807) is 18.2 Å². The number of carbonyl (C=O) groups is 1. The molecule has 3 aliphatic rings. The van der Waals surface area contributed by atoms with Crippen LogP contribution in [0.15, 0.2) is 23.1 Å². The Morgan fingerprint density at radius 2 is 2.14 bits per heavy atom. The van der Waals surface area contributed by atoms with Crippen LogP contribution < -0.4 is 11.1 Å². The molecule has 0 spiro atoms. The van der Waals surface area contributed by atoms with Crippen LogP contribution in [0.25, 0.3) is 10.2 Å². The fraction of sp³-hybridized carbons (Fsp3) is 0.667. The van der Waals surface area contributed by atoms with Gasteiger partial charge in [-0.25, -0.2) is 18.2 Å². The van der Waals surface area contributed by atoms with Crippen molar-refractivity contribution in [1.82, 2.24) is 14.6 Å². The Labute approximate surface area is 215 Å². The molecular formula is C24H34N4O6S2. The van der Waals surface area contributed by atoms with Crippen molar-refractivity contribution in [3.8, 4) is 0 Å². The van der Waals surface area contributed by atoms with Crippen LogP contribution in [-0.2, 0) is 24.2 Å². The molecule has 3 bridgehead atoms. The number of alkyl carbamates (subject to hydrolysis) is 1. The summed E-state index contributed by atoms with van der Waals surface area (Å²) in [7, 11) is -3.72. The summed E-state index contributed by atoms with van der Waals surface area (Å²) in [6.45, 7) is 5.67. The van der Waals surface area contributed by atoms with Crippen LogP contribution in [0.4, 0.5) is 9.93 Å². The van der Waals surface area contributed by atoms with E-state index in [1.165, 1.54) is 15.6 Å². The molecule has 1 aromatic heterocycles. The third-order valence-corrected chi connectivity index (χ3v) is 9.95. The Morgan fingerprint density at radius 3 is 2.94 bits per heavy atom. The first-order valence-corrected chi connectivity index (χ1v) is 14.8. The first-order chi connectivity index (χ1) is 17.2. The van der Waals surface area contributed by atoms with Gasteiger partial charge in [0.1, 0.15) is 6.10 Å². The molecule has 5 rings (SSSR count). The Kier molecular flexibility index (Phi) is 7.42. The molecule has 2 aliphatic heterocycles. The maximum absolute atomic E-state index is 13.5. The number of nitrogens with one attached hydrogen (secondary N) is 1. The van der Waals surface area contributed by atoms with Gasteiger partial charge in [0.15, 0.2) is 11.4 Å². The number of hydrogen-bond donors (Lipinski definition) is 2. The predicted molar refractivity (Wildman–Crippen MR) is 136 cm³/mol. The van der Waals surface area contributed by atoms with Gasteiger partial charge in [-0.15, -0.1) is 0 Å². The van der Waals surface area contributed by atoms with Gasteiger partial charge in [0.05, 0.1) is 27.8 Å². The highest BCUT2D eigenvalue weighted by Crippen LogP contribution is 2.46. The number of carbonyl (C=O) groups excluding carboxylic acids is 1. The van der Waals surface area contributed by atoms with Gasteiger partial charge in [0, 0.05) is 31.5 Å². The van der Waals surface area contributed by atoms with Gasteiger partial charge < -0.3 is 25.3 Å². The number of amides is 1. The summed E-state index contributed by atoms with van der Waals surface area (Å²) < 4.78 is 46.5. The van der Waals surface area contributed by atoms with E-state index < -0.39 is 16.1 Å². The van der Waals surface area contributed by atoms with Crippen LogP contribution in [0.5, 0.6) is 0 Å². The number of aromatic nitrogens is 1. The lowest BCUT2D eigenvalue weighted by atomic mass is 9.78. The fourth-order valence-electron chi connectivity index (χ4n) is 5.32. The van der Waals surface area contributed by atoms with Crippen molar-refractivity contribution < 1.29 is 27.4 Å². The zero-order chi connectivity index (χ0) is 25.4. The topological polar surface area (TPSA) is 133 Å². The summed E-state index contributed by atoms with van der Waals surface area (Å²) in [4.78, 5) is 16.9. The molecular weight excluding hydrogens is 504 g/mol. The second kappa shape index (κ2) is 10.4. The van der Waals surface area contributed by atoms with Crippen molar-refractivity contribution in [2.45, 2.75) is 62.9 Å². The zero-order valence-corrected chi connectivity index (χ0v) is 22.2. The number of rotatable bonds is 10. The summed E-state index contributed by atoms with van der Waals surface area (Å²) in [6, 6.07) is 4.89. The number of nitrogen functional groups attached to an aromatic ring is 1. The van der Waals surface area contributed by atoms with Gasteiger partial charge in [-0.2, -0.15) is 4.31 Å². The number of benzene rings is 1. The molecule has 1 aliphatic carbocycles. The number of anilines is 1. The molecule has 3 N–H and O–H groups in total. The lowest BCUT2D eigenvalue weighted by Gasteiger charge is -2.36. The Bertz CT molecular complexity index is 1190. The highest BCUT2D eigenvalue weighted by molar-refractivity contribution is 7.89. The normalized spacial score (nSPS) is 27.3. The summed E-state index contributed by atoms with van der Waals surface area (Å²) in [5.41, 5.74) is 6.46. The molecule has 36 heavy (non-hydrogen) atoms. The molecule has 12 heteroatoms. The maximum Gasteiger partial charge on any atom is 0.407 e. The van der Waals surface area contributed by atoms with Gasteiger partial charge in [0.2, 0.25) is 10.0 Å². The minimum Gasteiger partial charge on any atom is -0.443 e. The van der Waals surface area contributed by atoms with Crippen molar-refractivity contribution in [2.24, 2.45) is 17.8 Å². The Balaban J connectivity index is 1.17. The molecule has 3 fully saturated rings. The predicted octanol–water partition coefficient (Wildman–Crippen LogP) is 3.18. The van der Waals surface area contributed by atoms with Crippen LogP contribution in [0, 0.1) is 17.8 Å². The molecule has 3 heterocycles. The average molecular weight is 539 g/mol. The van der Waals surface area contributed by atoms with E-state index in [1.807, 2.05) is 0 Å². The maximum atomic E-state index is 13.5. The quantitative estimate of drug-likeness (QED) is 0.441. The number of thiazole rings is 1. The van der Waals surface area contributed by atoms with E-state index in [9.17, 15) is 13.2 Å². The fourth-order valence-corrected chi connectivity index (χ4v) is 7.69. The lowest BCUT2D eigenvalue weighted by molar-refractivity contribution is -0.153. The molecule has 1 aromatic carbocycles. The van der Waals surface area contributed by atoms with Crippen LogP contribution >= 0.6 is 11.3 Å². The molecule has 2 saturated heterocycles. The highest BCUT2D eigenvalue weighted by Gasteiger charge is 2.53. The Morgan fingerprint density at radius 1 is 1.31 bits per heavy atom. The Hall–Kier alpha value is -1.99. The van der Waals surface area contributed by atoms with Gasteiger partial charge in [-0.1, -0.05) is 25.2 Å². The molecule has 1 saturated carbocycles. The summed E-state index contributed by atoms with van der Waals surface area (Å²) in [5, 5.41) is 3.19. The standard InChI is InChI=1S/C24H34N4O6S2/c1-14(2)6-9-28(36(30,31)17-4-5-18-20(12-17)35-23(25)27-18)8-3-7-26-24(29)34-21-16-10-15-11-19(21)33-22(15)32-13-16/h4-5,12,14-16,19,21-22H,3,6-11,13H2,1-2H3,(H2,25,27)(H,26,29). The van der Waals surface area contributed by atoms with E-state index in [4.69, 9.17) is 19.9 Å². The van der Waals surface area contributed by atoms with E-state index >= 15 is 0 Å². The molecule has 10 nitrogen and oxygen atoms in total. The van der Waals surface area contributed by atoms with Crippen molar-refractivity contribution in [1.29, 1.82) is 0 Å². The van der Waals surface area contributed by atoms with Gasteiger partial charge in [-0.05, 0) is 49.8 Å². The van der Waals surface area contributed by atoms with Crippen LogP contribution in [0.3, 0.4) is 0 Å². The van der Waals surface area contributed by atoms with Crippen molar-refractivity contribution in [3.63, 3.8) is 0 Å². The lowest BCUT2D eigenvalue weighted by Crippen LogP contribution is -2.46. The van der Waals surface area contributed by atoms with Crippen LogP contribution in [0.2, 0.25) is 0 Å². The molecule has 5 atom stereocenters. The molecule has 198 valence electrons. The summed E-state index contributed by atoms with van der Waals surface area (Å²) >= 11 is 1.27. The number of hydrogen-bond acceptors (Lipinski definition) is 9. The molecule has 2 aromatic rings. The average Bonchev–Trinajstić information content (AvgIpc) is 3.35. The summed E-state index contributed by atoms with van der Waals surface area (Å²) in [5.74, 6) is 0.928. The van der Waals surface area contributed by atoms with Gasteiger partial charge in [0.25, 0.3) is 0 Å². The number of sulfonamides is 1. The third-order valence-electron chi connectivity index (χ3n) is 7.21. The molecule has 5 unspecified atom stereocenters. The smallest absolute Gasteiger partial charge is 0.407 e. The summed E-state index contributed by atoms with van der Waals surface area (Å²) in [6.07, 6.45) is 1.96. The zero-order valence-electron chi connectivity index (χ0n) is 20.6. The number of ether oxygens (including phenoxy) is 3. The van der Waals surface area contributed by atoms with E-state index in [0.29, 0.717) is 48.6 Å². The monoisotopic (exact) mass is 538 g/mol. The second-order valence-electron chi connectivity index (χ2n) is 10.3. The first kappa shape index (κ1) is 25.7. The number of nitrogens with zero attached hydrogens (tertiary/aromatic N) is 2. The van der Waals surface area contributed by atoms with E-state index in [-0.39, 0.29) is 35.9 Å². The largest absolute Gasteiger partial charge is 0.443 e. The first-order valence-electron chi connectivity index (χ1n) is 12.6. The SMILES string of the molecule is CC(C)CCN(CCCNC(=O)OC1C2COC3OC1CC3C2)S(=O)(=O)c1ccc2nc(N)sc2c1. The van der Waals surface area contributed by atoms with Gasteiger partial charge >= 0.3 is 6.09 Å². The minimum atomic E-state index is -3.72. The van der Waals surface area contributed by atoms with Crippen molar-refractivity contribution in [3.05, 3.63) is 18.2 Å².